The molecule has 1 aromatic rings. The largest absolute Gasteiger partial charge is 0.409 e. The number of nitrogens with one attached hydrogen (secondary N) is 1. The van der Waals surface area contributed by atoms with Crippen LogP contribution in [-0.2, 0) is 12.8 Å². The van der Waals surface area contributed by atoms with Crippen LogP contribution in [0.4, 0.5) is 0 Å². The van der Waals surface area contributed by atoms with Crippen molar-refractivity contribution in [2.75, 3.05) is 0 Å². The van der Waals surface area contributed by atoms with Crippen LogP contribution in [0.3, 0.4) is 0 Å². The smallest absolute Gasteiger partial charge is 0.261 e. The van der Waals surface area contributed by atoms with E-state index in [0.29, 0.717) is 6.42 Å². The molecule has 1 aromatic heterocycles. The first kappa shape index (κ1) is 15.8. The Kier molecular flexibility index (Phi) is 5.61. The number of nitrogens with zero attached hydrogens (tertiary/aromatic N) is 1. The monoisotopic (exact) mass is 309 g/mol. The number of rotatable bonds is 5. The van der Waals surface area contributed by atoms with Crippen LogP contribution in [0.5, 0.6) is 0 Å². The summed E-state index contributed by atoms with van der Waals surface area (Å²) in [6, 6.07) is 1.60. The zero-order valence-electron chi connectivity index (χ0n) is 12.4. The van der Waals surface area contributed by atoms with Gasteiger partial charge >= 0.3 is 0 Å². The SMILES string of the molecule is CCCC(NC(=O)c1cc2c(s1)CCCCC2)/C(N)=N/O. The Bertz CT molecular complexity index is 501. The summed E-state index contributed by atoms with van der Waals surface area (Å²) >= 11 is 1.58. The highest BCUT2D eigenvalue weighted by atomic mass is 32.1. The second-order valence-electron chi connectivity index (χ2n) is 5.46. The summed E-state index contributed by atoms with van der Waals surface area (Å²) in [5.41, 5.74) is 6.95. The predicted molar refractivity (Wildman–Crippen MR) is 85.1 cm³/mol. The Balaban J connectivity index is 2.09. The highest BCUT2D eigenvalue weighted by molar-refractivity contribution is 7.14. The lowest BCUT2D eigenvalue weighted by Crippen LogP contribution is -2.44. The van der Waals surface area contributed by atoms with Crippen molar-refractivity contribution in [3.63, 3.8) is 0 Å². The van der Waals surface area contributed by atoms with Gasteiger partial charge in [0.05, 0.1) is 10.9 Å². The molecular weight excluding hydrogens is 286 g/mol. The van der Waals surface area contributed by atoms with Gasteiger partial charge in [0.2, 0.25) is 0 Å². The third-order valence-corrected chi connectivity index (χ3v) is 5.06. The van der Waals surface area contributed by atoms with Crippen LogP contribution in [0.25, 0.3) is 0 Å². The third-order valence-electron chi connectivity index (χ3n) is 3.83. The number of thiophene rings is 1. The maximum atomic E-state index is 12.4. The summed E-state index contributed by atoms with van der Waals surface area (Å²) in [6.45, 7) is 2.00. The van der Waals surface area contributed by atoms with Gasteiger partial charge in [0.15, 0.2) is 5.84 Å². The summed E-state index contributed by atoms with van der Waals surface area (Å²) in [5.74, 6) is -0.0681. The van der Waals surface area contributed by atoms with Crippen molar-refractivity contribution in [2.45, 2.75) is 57.9 Å². The Hall–Kier alpha value is -1.56. The quantitative estimate of drug-likeness (QED) is 0.257. The van der Waals surface area contributed by atoms with Gasteiger partial charge in [-0.3, -0.25) is 4.79 Å². The topological polar surface area (TPSA) is 87.7 Å². The molecule has 1 aliphatic rings. The highest BCUT2D eigenvalue weighted by Crippen LogP contribution is 2.29. The van der Waals surface area contributed by atoms with Gasteiger partial charge in [0.25, 0.3) is 5.91 Å². The van der Waals surface area contributed by atoms with Gasteiger partial charge in [-0.1, -0.05) is 24.9 Å². The van der Waals surface area contributed by atoms with E-state index >= 15 is 0 Å². The fourth-order valence-corrected chi connectivity index (χ4v) is 3.82. The molecule has 0 saturated carbocycles. The molecule has 0 aromatic carbocycles. The minimum atomic E-state index is -0.408. The molecule has 6 heteroatoms. The molecule has 0 spiro atoms. The summed E-state index contributed by atoms with van der Waals surface area (Å²) in [5, 5.41) is 14.7. The van der Waals surface area contributed by atoms with Crippen LogP contribution >= 0.6 is 11.3 Å². The number of carbonyl (C=O) groups excluding carboxylic acids is 1. The van der Waals surface area contributed by atoms with Gasteiger partial charge in [-0.25, -0.2) is 0 Å². The zero-order valence-corrected chi connectivity index (χ0v) is 13.2. The highest BCUT2D eigenvalue weighted by Gasteiger charge is 2.20. The van der Waals surface area contributed by atoms with Crippen molar-refractivity contribution in [1.82, 2.24) is 5.32 Å². The number of fused-ring (bicyclic) bond motifs is 1. The fourth-order valence-electron chi connectivity index (χ4n) is 2.66. The zero-order chi connectivity index (χ0) is 15.2. The number of carbonyl (C=O) groups is 1. The Morgan fingerprint density at radius 1 is 1.48 bits per heavy atom. The summed E-state index contributed by atoms with van der Waals surface area (Å²) < 4.78 is 0. The van der Waals surface area contributed by atoms with Crippen molar-refractivity contribution in [3.8, 4) is 0 Å². The van der Waals surface area contributed by atoms with E-state index in [4.69, 9.17) is 10.9 Å². The number of aryl methyl sites for hydroxylation is 2. The van der Waals surface area contributed by atoms with Crippen LogP contribution in [0.1, 0.15) is 59.1 Å². The van der Waals surface area contributed by atoms with Crippen molar-refractivity contribution in [1.29, 1.82) is 0 Å². The number of amides is 1. The normalized spacial score (nSPS) is 16.9. The number of nitrogens with two attached hydrogens (primary N) is 1. The van der Waals surface area contributed by atoms with E-state index in [9.17, 15) is 4.79 Å². The second kappa shape index (κ2) is 7.45. The molecule has 0 fully saturated rings. The summed E-state index contributed by atoms with van der Waals surface area (Å²) in [7, 11) is 0. The van der Waals surface area contributed by atoms with Gasteiger partial charge in [0, 0.05) is 4.88 Å². The molecule has 1 aliphatic carbocycles. The van der Waals surface area contributed by atoms with E-state index in [-0.39, 0.29) is 11.7 Å². The van der Waals surface area contributed by atoms with Crippen LogP contribution in [0.2, 0.25) is 0 Å². The molecule has 1 amide bonds. The molecule has 1 unspecified atom stereocenters. The van der Waals surface area contributed by atoms with Crippen LogP contribution < -0.4 is 11.1 Å². The van der Waals surface area contributed by atoms with E-state index in [1.165, 1.54) is 29.7 Å². The van der Waals surface area contributed by atoms with Crippen molar-refractivity contribution in [2.24, 2.45) is 10.9 Å². The lowest BCUT2D eigenvalue weighted by atomic mass is 10.1. The van der Waals surface area contributed by atoms with Crippen molar-refractivity contribution >= 4 is 23.1 Å². The molecule has 0 bridgehead atoms. The van der Waals surface area contributed by atoms with E-state index in [2.05, 4.69) is 10.5 Å². The van der Waals surface area contributed by atoms with Crippen molar-refractivity contribution < 1.29 is 10.0 Å². The first-order valence-electron chi connectivity index (χ1n) is 7.55. The second-order valence-corrected chi connectivity index (χ2v) is 6.60. The van der Waals surface area contributed by atoms with Crippen molar-refractivity contribution in [3.05, 3.63) is 21.4 Å². The Morgan fingerprint density at radius 3 is 2.95 bits per heavy atom. The minimum absolute atomic E-state index is 0.0586. The van der Waals surface area contributed by atoms with Gasteiger partial charge < -0.3 is 16.3 Å². The molecule has 21 heavy (non-hydrogen) atoms. The maximum absolute atomic E-state index is 12.4. The summed E-state index contributed by atoms with van der Waals surface area (Å²) in [4.78, 5) is 14.4. The average Bonchev–Trinajstić information content (AvgIpc) is 2.77. The van der Waals surface area contributed by atoms with E-state index < -0.39 is 6.04 Å². The van der Waals surface area contributed by atoms with Gasteiger partial charge in [-0.15, -0.1) is 11.3 Å². The van der Waals surface area contributed by atoms with E-state index in [0.717, 1.165) is 24.1 Å². The lowest BCUT2D eigenvalue weighted by Gasteiger charge is -2.15. The molecule has 4 N–H and O–H groups in total. The molecule has 116 valence electrons. The van der Waals surface area contributed by atoms with E-state index in [1.807, 2.05) is 13.0 Å². The molecule has 0 radical (unpaired) electrons. The Labute approximate surface area is 129 Å². The molecule has 0 saturated heterocycles. The fraction of sp³-hybridized carbons (Fsp3) is 0.600. The standard InChI is InChI=1S/C15H23N3O2S/c1-2-6-11(14(16)18-20)17-15(19)13-9-10-7-4-3-5-8-12(10)21-13/h9,11,20H,2-8H2,1H3,(H2,16,18)(H,17,19). The van der Waals surface area contributed by atoms with Crippen LogP contribution in [0.15, 0.2) is 11.2 Å². The molecule has 0 aliphatic heterocycles. The number of oxime groups is 1. The molecule has 1 atom stereocenters. The van der Waals surface area contributed by atoms with Gasteiger partial charge in [-0.2, -0.15) is 0 Å². The predicted octanol–water partition coefficient (Wildman–Crippen LogP) is 2.66. The number of hydrogen-bond donors (Lipinski definition) is 3. The number of amidine groups is 1. The lowest BCUT2D eigenvalue weighted by molar-refractivity contribution is 0.0949. The summed E-state index contributed by atoms with van der Waals surface area (Å²) in [6.07, 6.45) is 7.33. The van der Waals surface area contributed by atoms with Gasteiger partial charge in [0.1, 0.15) is 0 Å². The van der Waals surface area contributed by atoms with Gasteiger partial charge in [-0.05, 0) is 43.7 Å². The number of hydrogen-bond acceptors (Lipinski definition) is 4. The molecule has 2 rings (SSSR count). The van der Waals surface area contributed by atoms with Crippen LogP contribution in [-0.4, -0.2) is 23.0 Å². The first-order chi connectivity index (χ1) is 10.2. The molecular formula is C15H23N3O2S. The van der Waals surface area contributed by atoms with E-state index in [1.54, 1.807) is 11.3 Å². The third kappa shape index (κ3) is 3.97. The maximum Gasteiger partial charge on any atom is 0.261 e. The van der Waals surface area contributed by atoms with Crippen LogP contribution in [0, 0.1) is 0 Å². The molecule has 1 heterocycles. The first-order valence-corrected chi connectivity index (χ1v) is 8.37. The molecule has 5 nitrogen and oxygen atoms in total. The average molecular weight is 309 g/mol. The minimum Gasteiger partial charge on any atom is -0.409 e. The Morgan fingerprint density at radius 2 is 2.24 bits per heavy atom.